The molecule has 0 atom stereocenters. The lowest BCUT2D eigenvalue weighted by molar-refractivity contribution is -0.127. The molecule has 0 saturated heterocycles. The van der Waals surface area contributed by atoms with Crippen LogP contribution in [0.15, 0.2) is 0 Å². The van der Waals surface area contributed by atoms with Gasteiger partial charge in [0.15, 0.2) is 0 Å². The minimum atomic E-state index is -0.678. The molecule has 0 radical (unpaired) electrons. The molecule has 2 nitrogen and oxygen atoms in total. The van der Waals surface area contributed by atoms with E-state index in [2.05, 4.69) is 6.92 Å². The van der Waals surface area contributed by atoms with Gasteiger partial charge in [-0.1, -0.05) is 76.9 Å². The molecule has 128 valence electrons. The Morgan fingerprint density at radius 1 is 0.818 bits per heavy atom. The Morgan fingerprint density at radius 3 is 1.64 bits per heavy atom. The normalized spacial score (nSPS) is 10.9. The molecule has 22 heavy (non-hydrogen) atoms. The van der Waals surface area contributed by atoms with Crippen LogP contribution in [0.1, 0.15) is 85.0 Å². The van der Waals surface area contributed by atoms with Gasteiger partial charge in [-0.15, -0.1) is 11.8 Å². The second-order valence-electron chi connectivity index (χ2n) is 6.00. The number of thiocarbonyl (C=S) groups is 1. The van der Waals surface area contributed by atoms with Crippen LogP contribution in [-0.4, -0.2) is 21.5 Å². The molecule has 0 rings (SSSR count). The molecule has 0 fully saturated rings. The van der Waals surface area contributed by atoms with E-state index in [0.29, 0.717) is 4.20 Å². The van der Waals surface area contributed by atoms with Crippen molar-refractivity contribution in [3.8, 4) is 0 Å². The molecule has 0 heterocycles. The summed E-state index contributed by atoms with van der Waals surface area (Å²) in [6.07, 6.45) is 13.1. The molecule has 0 bridgehead atoms. The Hall–Kier alpha value is -0.220. The molecule has 0 amide bonds. The maximum absolute atomic E-state index is 11.4. The summed E-state index contributed by atoms with van der Waals surface area (Å²) in [4.78, 5) is 22.8. The van der Waals surface area contributed by atoms with Gasteiger partial charge in [-0.2, -0.15) is 0 Å². The number of rotatable bonds is 14. The van der Waals surface area contributed by atoms with Crippen LogP contribution in [0.4, 0.5) is 0 Å². The predicted molar refractivity (Wildman–Crippen MR) is 102 cm³/mol. The lowest BCUT2D eigenvalue weighted by Crippen LogP contribution is -2.25. The molecule has 0 unspecified atom stereocenters. The fraction of sp³-hybridized carbons (Fsp3) is 0.833. The summed E-state index contributed by atoms with van der Waals surface area (Å²) in [5.74, 6) is -0.0175. The average Bonchev–Trinajstić information content (AvgIpc) is 2.44. The van der Waals surface area contributed by atoms with E-state index in [1.165, 1.54) is 83.4 Å². The number of unbranched alkanes of at least 4 members (excludes halogenated alkanes) is 9. The van der Waals surface area contributed by atoms with Crippen molar-refractivity contribution in [1.29, 1.82) is 0 Å². The first-order chi connectivity index (χ1) is 10.5. The summed E-state index contributed by atoms with van der Waals surface area (Å²) >= 11 is 6.73. The second kappa shape index (κ2) is 14.4. The number of carbonyl (C=O) groups excluding carboxylic acids is 2. The number of ketones is 2. The zero-order chi connectivity index (χ0) is 16.8. The van der Waals surface area contributed by atoms with Gasteiger partial charge in [0.25, 0.3) is 0 Å². The van der Waals surface area contributed by atoms with Crippen molar-refractivity contribution in [2.75, 3.05) is 5.75 Å². The van der Waals surface area contributed by atoms with Gasteiger partial charge in [-0.3, -0.25) is 9.59 Å². The standard InChI is InChI=1S/C18H32O2S2/c1-4-5-6-7-8-9-10-11-12-13-14-22-18(21)17(15(2)19)16(3)20/h17H,4-14H2,1-3H3. The SMILES string of the molecule is CCCCCCCCCCCCSC(=S)C(C(C)=O)C(C)=O. The fourth-order valence-corrected chi connectivity index (χ4v) is 4.09. The van der Waals surface area contributed by atoms with E-state index < -0.39 is 5.92 Å². The molecule has 4 heteroatoms. The largest absolute Gasteiger partial charge is 0.299 e. The summed E-state index contributed by atoms with van der Waals surface area (Å²) < 4.78 is 0.552. The van der Waals surface area contributed by atoms with Gasteiger partial charge >= 0.3 is 0 Å². The first-order valence-electron chi connectivity index (χ1n) is 8.68. The summed E-state index contributed by atoms with van der Waals surface area (Å²) in [6, 6.07) is 0. The molecule has 0 N–H and O–H groups in total. The van der Waals surface area contributed by atoms with Crippen LogP contribution in [0.3, 0.4) is 0 Å². The Labute approximate surface area is 146 Å². The average molecular weight is 345 g/mol. The van der Waals surface area contributed by atoms with Gasteiger partial charge in [0.1, 0.15) is 17.5 Å². The third-order valence-corrected chi connectivity index (χ3v) is 5.39. The van der Waals surface area contributed by atoms with Gasteiger partial charge in [0, 0.05) is 0 Å². The first kappa shape index (κ1) is 21.8. The summed E-state index contributed by atoms with van der Waals surface area (Å²) in [6.45, 7) is 5.14. The van der Waals surface area contributed by atoms with Crippen molar-refractivity contribution in [1.82, 2.24) is 0 Å². The van der Waals surface area contributed by atoms with Crippen LogP contribution >= 0.6 is 24.0 Å². The van der Waals surface area contributed by atoms with Crippen molar-refractivity contribution in [3.05, 3.63) is 0 Å². The smallest absolute Gasteiger partial charge is 0.146 e. The summed E-state index contributed by atoms with van der Waals surface area (Å²) in [7, 11) is 0. The van der Waals surface area contributed by atoms with Gasteiger partial charge in [-0.05, 0) is 26.0 Å². The van der Waals surface area contributed by atoms with Crippen LogP contribution in [0.2, 0.25) is 0 Å². The molecule has 0 saturated carbocycles. The zero-order valence-electron chi connectivity index (χ0n) is 14.5. The van der Waals surface area contributed by atoms with Crippen LogP contribution in [0, 0.1) is 5.92 Å². The number of hydrogen-bond acceptors (Lipinski definition) is 4. The summed E-state index contributed by atoms with van der Waals surface area (Å²) in [5, 5.41) is 0. The zero-order valence-corrected chi connectivity index (χ0v) is 16.1. The minimum Gasteiger partial charge on any atom is -0.299 e. The first-order valence-corrected chi connectivity index (χ1v) is 10.1. The highest BCUT2D eigenvalue weighted by atomic mass is 32.2. The van der Waals surface area contributed by atoms with E-state index in [9.17, 15) is 9.59 Å². The highest BCUT2D eigenvalue weighted by Crippen LogP contribution is 2.18. The molecule has 0 aliphatic carbocycles. The highest BCUT2D eigenvalue weighted by molar-refractivity contribution is 8.23. The van der Waals surface area contributed by atoms with E-state index in [1.54, 1.807) is 0 Å². The number of thioether (sulfide) groups is 1. The van der Waals surface area contributed by atoms with Crippen LogP contribution in [-0.2, 0) is 9.59 Å². The lowest BCUT2D eigenvalue weighted by atomic mass is 10.0. The molecule has 0 aromatic heterocycles. The van der Waals surface area contributed by atoms with Crippen molar-refractivity contribution >= 4 is 39.7 Å². The summed E-state index contributed by atoms with van der Waals surface area (Å²) in [5.41, 5.74) is 0. The van der Waals surface area contributed by atoms with Gasteiger partial charge in [0.2, 0.25) is 0 Å². The number of carbonyl (C=O) groups is 2. The van der Waals surface area contributed by atoms with E-state index >= 15 is 0 Å². The van der Waals surface area contributed by atoms with Crippen molar-refractivity contribution < 1.29 is 9.59 Å². The Morgan fingerprint density at radius 2 is 1.23 bits per heavy atom. The highest BCUT2D eigenvalue weighted by Gasteiger charge is 2.24. The fourth-order valence-electron chi connectivity index (χ4n) is 2.46. The Balaban J connectivity index is 3.51. The van der Waals surface area contributed by atoms with Gasteiger partial charge in [0.05, 0.1) is 4.20 Å². The maximum atomic E-state index is 11.4. The van der Waals surface area contributed by atoms with Gasteiger partial charge in [-0.25, -0.2) is 0 Å². The predicted octanol–water partition coefficient (Wildman–Crippen LogP) is 5.76. The number of Topliss-reactive ketones (excluding diaryl/α,β-unsaturated/α-hetero) is 2. The maximum Gasteiger partial charge on any atom is 0.146 e. The van der Waals surface area contributed by atoms with E-state index in [4.69, 9.17) is 12.2 Å². The lowest BCUT2D eigenvalue weighted by Gasteiger charge is -2.11. The topological polar surface area (TPSA) is 34.1 Å². The molecule has 0 spiro atoms. The Kier molecular flexibility index (Phi) is 14.2. The third-order valence-electron chi connectivity index (χ3n) is 3.79. The van der Waals surface area contributed by atoms with Crippen LogP contribution < -0.4 is 0 Å². The van der Waals surface area contributed by atoms with E-state index in [1.807, 2.05) is 0 Å². The minimum absolute atomic E-state index is 0.131. The third kappa shape index (κ3) is 11.4. The van der Waals surface area contributed by atoms with E-state index in [-0.39, 0.29) is 11.6 Å². The molecular weight excluding hydrogens is 312 g/mol. The van der Waals surface area contributed by atoms with Crippen LogP contribution in [0.5, 0.6) is 0 Å². The van der Waals surface area contributed by atoms with Gasteiger partial charge < -0.3 is 0 Å². The van der Waals surface area contributed by atoms with Crippen LogP contribution in [0.25, 0.3) is 0 Å². The van der Waals surface area contributed by atoms with Crippen molar-refractivity contribution in [2.24, 2.45) is 5.92 Å². The monoisotopic (exact) mass is 344 g/mol. The molecule has 0 aliphatic rings. The van der Waals surface area contributed by atoms with Crippen molar-refractivity contribution in [2.45, 2.75) is 85.0 Å². The number of hydrogen-bond donors (Lipinski definition) is 0. The molecule has 0 aliphatic heterocycles. The second-order valence-corrected chi connectivity index (χ2v) is 7.84. The van der Waals surface area contributed by atoms with E-state index in [0.717, 1.165) is 12.2 Å². The van der Waals surface area contributed by atoms with Crippen molar-refractivity contribution in [3.63, 3.8) is 0 Å². The molecular formula is C18H32O2S2. The molecule has 0 aromatic carbocycles. The molecule has 0 aromatic rings. The quantitative estimate of drug-likeness (QED) is 0.228. The Bertz CT molecular complexity index is 326.